The van der Waals surface area contributed by atoms with E-state index in [4.69, 9.17) is 10.5 Å². The van der Waals surface area contributed by atoms with Crippen molar-refractivity contribution in [1.82, 2.24) is 14.9 Å². The molecule has 0 radical (unpaired) electrons. The maximum Gasteiger partial charge on any atom is 0.417 e. The fourth-order valence-electron chi connectivity index (χ4n) is 4.70. The number of aromatic nitrogens is 2. The lowest BCUT2D eigenvalue weighted by molar-refractivity contribution is -0.137. The van der Waals surface area contributed by atoms with Crippen LogP contribution in [0.25, 0.3) is 11.4 Å². The van der Waals surface area contributed by atoms with Gasteiger partial charge in [0.05, 0.1) is 23.4 Å². The molecule has 1 aliphatic rings. The summed E-state index contributed by atoms with van der Waals surface area (Å²) in [6.45, 7) is 9.90. The zero-order valence-corrected chi connectivity index (χ0v) is 23.0. The molecule has 1 saturated heterocycles. The number of carbonyl (C=O) groups is 1. The molecule has 1 aromatic heterocycles. The van der Waals surface area contributed by atoms with Crippen molar-refractivity contribution in [2.45, 2.75) is 46.4 Å². The maximum atomic E-state index is 14.1. The molecular weight excluding hydrogens is 526 g/mol. The Bertz CT molecular complexity index is 1390. The Balaban J connectivity index is 1.75. The molecule has 0 spiro atoms. The Labute approximate surface area is 231 Å². The molecule has 214 valence electrons. The number of primary amides is 1. The van der Waals surface area contributed by atoms with Gasteiger partial charge in [-0.25, -0.2) is 14.4 Å². The van der Waals surface area contributed by atoms with Crippen LogP contribution < -0.4 is 15.4 Å². The number of nitrogens with two attached hydrogens (primary N) is 1. The first-order valence-corrected chi connectivity index (χ1v) is 13.1. The van der Waals surface area contributed by atoms with Crippen molar-refractivity contribution in [3.05, 3.63) is 70.2 Å². The molecule has 1 aliphatic heterocycles. The van der Waals surface area contributed by atoms with Crippen molar-refractivity contribution in [3.63, 3.8) is 0 Å². The van der Waals surface area contributed by atoms with Crippen LogP contribution in [0.1, 0.15) is 47.7 Å². The van der Waals surface area contributed by atoms with Crippen LogP contribution in [0.4, 0.5) is 23.4 Å². The SMILES string of the molecule is Cc1ccc(C(C)C)cc1OCc1c(C)nc(-c2cc(F)ccc2C(F)(F)F)nc1N1CCN(CC(N)=O)CC1. The van der Waals surface area contributed by atoms with E-state index in [1.807, 2.05) is 34.9 Å². The quantitative estimate of drug-likeness (QED) is 0.381. The average Bonchev–Trinajstić information content (AvgIpc) is 2.87. The number of hydrogen-bond donors (Lipinski definition) is 1. The molecule has 0 aliphatic carbocycles. The first-order valence-electron chi connectivity index (χ1n) is 13.1. The zero-order valence-electron chi connectivity index (χ0n) is 23.0. The van der Waals surface area contributed by atoms with E-state index in [1.54, 1.807) is 6.92 Å². The van der Waals surface area contributed by atoms with Crippen molar-refractivity contribution in [3.8, 4) is 17.1 Å². The van der Waals surface area contributed by atoms with E-state index in [2.05, 4.69) is 23.8 Å². The molecule has 0 atom stereocenters. The first kappa shape index (κ1) is 29.3. The number of rotatable bonds is 8. The third kappa shape index (κ3) is 6.70. The number of hydrogen-bond acceptors (Lipinski definition) is 6. The molecule has 4 rings (SSSR count). The Morgan fingerprint density at radius 1 is 1.05 bits per heavy atom. The van der Waals surface area contributed by atoms with Gasteiger partial charge in [-0.2, -0.15) is 13.2 Å². The Morgan fingerprint density at radius 3 is 2.38 bits per heavy atom. The van der Waals surface area contributed by atoms with Crippen molar-refractivity contribution in [2.75, 3.05) is 37.6 Å². The summed E-state index contributed by atoms with van der Waals surface area (Å²) in [4.78, 5) is 24.2. The third-order valence-corrected chi connectivity index (χ3v) is 7.02. The van der Waals surface area contributed by atoms with Crippen LogP contribution in [0.2, 0.25) is 0 Å². The van der Waals surface area contributed by atoms with Gasteiger partial charge in [-0.15, -0.1) is 0 Å². The first-order chi connectivity index (χ1) is 18.8. The van der Waals surface area contributed by atoms with Crippen molar-refractivity contribution < 1.29 is 27.1 Å². The Morgan fingerprint density at radius 2 is 1.75 bits per heavy atom. The fourth-order valence-corrected chi connectivity index (χ4v) is 4.70. The van der Waals surface area contributed by atoms with Gasteiger partial charge in [0.1, 0.15) is 24.0 Å². The number of anilines is 1. The number of piperazine rings is 1. The van der Waals surface area contributed by atoms with Gasteiger partial charge >= 0.3 is 6.18 Å². The average molecular weight is 560 g/mol. The number of amides is 1. The molecule has 11 heteroatoms. The van der Waals surface area contributed by atoms with Gasteiger partial charge in [-0.05, 0) is 55.2 Å². The predicted octanol–water partition coefficient (Wildman–Crippen LogP) is 5.23. The topological polar surface area (TPSA) is 84.6 Å². The third-order valence-electron chi connectivity index (χ3n) is 7.02. The van der Waals surface area contributed by atoms with E-state index in [0.29, 0.717) is 61.0 Å². The van der Waals surface area contributed by atoms with E-state index in [-0.39, 0.29) is 19.0 Å². The largest absolute Gasteiger partial charge is 0.488 e. The molecule has 1 amide bonds. The highest BCUT2D eigenvalue weighted by molar-refractivity contribution is 5.76. The van der Waals surface area contributed by atoms with Crippen LogP contribution in [0.15, 0.2) is 36.4 Å². The highest BCUT2D eigenvalue weighted by Gasteiger charge is 2.35. The summed E-state index contributed by atoms with van der Waals surface area (Å²) in [7, 11) is 0. The molecule has 7 nitrogen and oxygen atoms in total. The molecule has 0 unspecified atom stereocenters. The normalized spacial score (nSPS) is 14.6. The monoisotopic (exact) mass is 559 g/mol. The smallest absolute Gasteiger partial charge is 0.417 e. The highest BCUT2D eigenvalue weighted by atomic mass is 19.4. The predicted molar refractivity (Wildman–Crippen MR) is 145 cm³/mol. The molecule has 0 saturated carbocycles. The molecule has 0 bridgehead atoms. The number of benzene rings is 2. The van der Waals surface area contributed by atoms with Crippen LogP contribution in [0.5, 0.6) is 5.75 Å². The summed E-state index contributed by atoms with van der Waals surface area (Å²) in [6.07, 6.45) is -4.72. The van der Waals surface area contributed by atoms with Crippen LogP contribution in [0.3, 0.4) is 0 Å². The summed E-state index contributed by atoms with van der Waals surface area (Å²) in [5, 5.41) is 0. The lowest BCUT2D eigenvalue weighted by atomic mass is 10.0. The maximum absolute atomic E-state index is 14.1. The summed E-state index contributed by atoms with van der Waals surface area (Å²) < 4.78 is 61.9. The zero-order chi connectivity index (χ0) is 29.2. The molecule has 40 heavy (non-hydrogen) atoms. The molecule has 2 N–H and O–H groups in total. The number of halogens is 4. The number of aryl methyl sites for hydroxylation is 2. The van der Waals surface area contributed by atoms with E-state index in [0.717, 1.165) is 23.3 Å². The van der Waals surface area contributed by atoms with E-state index in [1.165, 1.54) is 0 Å². The molecule has 2 heterocycles. The van der Waals surface area contributed by atoms with Crippen molar-refractivity contribution >= 4 is 11.7 Å². The second-order valence-electron chi connectivity index (χ2n) is 10.3. The lowest BCUT2D eigenvalue weighted by Crippen LogP contribution is -2.49. The second kappa shape index (κ2) is 11.8. The van der Waals surface area contributed by atoms with Gasteiger partial charge in [0.2, 0.25) is 5.91 Å². The van der Waals surface area contributed by atoms with Gasteiger partial charge in [0.15, 0.2) is 5.82 Å². The summed E-state index contributed by atoms with van der Waals surface area (Å²) >= 11 is 0. The van der Waals surface area contributed by atoms with Crippen LogP contribution in [0, 0.1) is 19.7 Å². The van der Waals surface area contributed by atoms with Gasteiger partial charge in [0.25, 0.3) is 0 Å². The summed E-state index contributed by atoms with van der Waals surface area (Å²) in [5.74, 6) is -0.0757. The van der Waals surface area contributed by atoms with Crippen molar-refractivity contribution in [1.29, 1.82) is 0 Å². The Kier molecular flexibility index (Phi) is 8.62. The molecule has 2 aromatic carbocycles. The van der Waals surface area contributed by atoms with Crippen molar-refractivity contribution in [2.24, 2.45) is 5.73 Å². The van der Waals surface area contributed by atoms with Crippen LogP contribution in [-0.4, -0.2) is 53.5 Å². The standard InChI is InChI=1S/C29H33F4N5O2/c1-17(2)20-6-5-18(3)25(13-20)40-16-23-19(4)35-27(22-14-21(30)7-8-24(22)29(31,32)33)36-28(23)38-11-9-37(10-12-38)15-26(34)39/h5-8,13-14,17H,9-12,15-16H2,1-4H3,(H2,34,39). The van der Waals surface area contributed by atoms with E-state index < -0.39 is 29.0 Å². The minimum Gasteiger partial charge on any atom is -0.488 e. The van der Waals surface area contributed by atoms with Crippen LogP contribution >= 0.6 is 0 Å². The second-order valence-corrected chi connectivity index (χ2v) is 10.3. The minimum absolute atomic E-state index is 0.0839. The van der Waals surface area contributed by atoms with Gasteiger partial charge in [-0.1, -0.05) is 26.0 Å². The lowest BCUT2D eigenvalue weighted by Gasteiger charge is -2.36. The molecule has 1 fully saturated rings. The highest BCUT2D eigenvalue weighted by Crippen LogP contribution is 2.38. The number of carbonyl (C=O) groups excluding carboxylic acids is 1. The number of nitrogens with zero attached hydrogens (tertiary/aromatic N) is 4. The van der Waals surface area contributed by atoms with E-state index in [9.17, 15) is 22.4 Å². The Hall–Kier alpha value is -3.73. The van der Waals surface area contributed by atoms with Gasteiger partial charge in [-0.3, -0.25) is 9.69 Å². The van der Waals surface area contributed by atoms with Gasteiger partial charge in [0, 0.05) is 31.7 Å². The fraction of sp³-hybridized carbons (Fsp3) is 0.414. The molecule has 3 aromatic rings. The number of ether oxygens (including phenoxy) is 1. The minimum atomic E-state index is -4.72. The van der Waals surface area contributed by atoms with Gasteiger partial charge < -0.3 is 15.4 Å². The summed E-state index contributed by atoms with van der Waals surface area (Å²) in [5.41, 5.74) is 6.98. The van der Waals surface area contributed by atoms with Crippen LogP contribution in [-0.2, 0) is 17.6 Å². The summed E-state index contributed by atoms with van der Waals surface area (Å²) in [6, 6.07) is 8.29. The number of alkyl halides is 3. The molecular formula is C29H33F4N5O2. The van der Waals surface area contributed by atoms with E-state index >= 15 is 0 Å².